The van der Waals surface area contributed by atoms with Gasteiger partial charge in [-0.05, 0) is 38.7 Å². The molecule has 144 valence electrons. The van der Waals surface area contributed by atoms with Crippen LogP contribution in [0.5, 0.6) is 0 Å². The molecule has 1 amide bonds. The highest BCUT2D eigenvalue weighted by Crippen LogP contribution is 2.39. The van der Waals surface area contributed by atoms with E-state index in [0.717, 1.165) is 51.2 Å². The molecule has 0 saturated heterocycles. The standard InChI is InChI=1S/C21H34N4O/c1-5-22-20(23-14-11-18-10-8-9-17(2)15-18)24-16-21(12-6-7-13-21)19(26)25(3)4/h8-10,15H,5-7,11-14,16H2,1-4H3,(H2,22,23,24). The summed E-state index contributed by atoms with van der Waals surface area (Å²) in [5.74, 6) is 1.02. The third kappa shape index (κ3) is 5.48. The summed E-state index contributed by atoms with van der Waals surface area (Å²) in [6.45, 7) is 6.37. The lowest BCUT2D eigenvalue weighted by Gasteiger charge is -2.29. The number of nitrogens with zero attached hydrogens (tertiary/aromatic N) is 2. The predicted octanol–water partition coefficient (Wildman–Crippen LogP) is 2.74. The highest BCUT2D eigenvalue weighted by Gasteiger charge is 2.41. The lowest BCUT2D eigenvalue weighted by Crippen LogP contribution is -2.43. The monoisotopic (exact) mass is 358 g/mol. The van der Waals surface area contributed by atoms with E-state index in [1.165, 1.54) is 11.1 Å². The fraction of sp³-hybridized carbons (Fsp3) is 0.619. The Labute approximate surface area is 158 Å². The van der Waals surface area contributed by atoms with Gasteiger partial charge in [0.1, 0.15) is 0 Å². The molecule has 1 fully saturated rings. The van der Waals surface area contributed by atoms with Crippen LogP contribution in [0.1, 0.15) is 43.7 Å². The minimum Gasteiger partial charge on any atom is -0.357 e. The first-order valence-corrected chi connectivity index (χ1v) is 9.76. The van der Waals surface area contributed by atoms with Crippen LogP contribution in [0.15, 0.2) is 29.3 Å². The number of benzene rings is 1. The Balaban J connectivity index is 1.97. The molecule has 5 nitrogen and oxygen atoms in total. The second-order valence-electron chi connectivity index (χ2n) is 7.55. The van der Waals surface area contributed by atoms with Crippen LogP contribution in [-0.4, -0.2) is 50.5 Å². The molecule has 0 unspecified atom stereocenters. The van der Waals surface area contributed by atoms with Gasteiger partial charge in [-0.3, -0.25) is 9.79 Å². The number of amides is 1. The van der Waals surface area contributed by atoms with E-state index in [4.69, 9.17) is 4.99 Å². The molecule has 26 heavy (non-hydrogen) atoms. The quantitative estimate of drug-likeness (QED) is 0.582. The van der Waals surface area contributed by atoms with Crippen molar-refractivity contribution in [3.63, 3.8) is 0 Å². The van der Waals surface area contributed by atoms with Crippen LogP contribution in [0.3, 0.4) is 0 Å². The smallest absolute Gasteiger partial charge is 0.230 e. The van der Waals surface area contributed by atoms with E-state index in [0.29, 0.717) is 6.54 Å². The molecule has 0 aromatic heterocycles. The number of nitrogens with one attached hydrogen (secondary N) is 2. The van der Waals surface area contributed by atoms with Crippen LogP contribution >= 0.6 is 0 Å². The first-order chi connectivity index (χ1) is 12.5. The van der Waals surface area contributed by atoms with Gasteiger partial charge in [0.2, 0.25) is 5.91 Å². The van der Waals surface area contributed by atoms with Crippen LogP contribution in [0.4, 0.5) is 0 Å². The van der Waals surface area contributed by atoms with Gasteiger partial charge in [-0.2, -0.15) is 0 Å². The van der Waals surface area contributed by atoms with Gasteiger partial charge in [0.25, 0.3) is 0 Å². The van der Waals surface area contributed by atoms with E-state index in [1.807, 2.05) is 14.1 Å². The molecular formula is C21H34N4O. The van der Waals surface area contributed by atoms with Crippen molar-refractivity contribution < 1.29 is 4.79 Å². The summed E-state index contributed by atoms with van der Waals surface area (Å²) in [6, 6.07) is 8.59. The average molecular weight is 359 g/mol. The molecule has 1 aliphatic carbocycles. The zero-order chi connectivity index (χ0) is 19.0. The summed E-state index contributed by atoms with van der Waals surface area (Å²) < 4.78 is 0. The van der Waals surface area contributed by atoms with Crippen LogP contribution in [0.25, 0.3) is 0 Å². The molecule has 0 bridgehead atoms. The molecule has 2 N–H and O–H groups in total. The number of hydrogen-bond donors (Lipinski definition) is 2. The van der Waals surface area contributed by atoms with Gasteiger partial charge < -0.3 is 15.5 Å². The number of rotatable bonds is 7. The largest absolute Gasteiger partial charge is 0.357 e. The van der Waals surface area contributed by atoms with E-state index in [-0.39, 0.29) is 11.3 Å². The van der Waals surface area contributed by atoms with Crippen LogP contribution in [0, 0.1) is 12.3 Å². The lowest BCUT2D eigenvalue weighted by atomic mass is 9.85. The van der Waals surface area contributed by atoms with Crippen LogP contribution in [0.2, 0.25) is 0 Å². The van der Waals surface area contributed by atoms with Crippen molar-refractivity contribution in [2.45, 2.75) is 46.0 Å². The van der Waals surface area contributed by atoms with Crippen molar-refractivity contribution in [2.75, 3.05) is 33.7 Å². The minimum atomic E-state index is -0.317. The first-order valence-electron chi connectivity index (χ1n) is 9.76. The molecule has 1 saturated carbocycles. The maximum atomic E-state index is 12.7. The van der Waals surface area contributed by atoms with Gasteiger partial charge >= 0.3 is 0 Å². The second kappa shape index (κ2) is 9.60. The van der Waals surface area contributed by atoms with Gasteiger partial charge in [-0.15, -0.1) is 0 Å². The molecule has 1 aromatic carbocycles. The van der Waals surface area contributed by atoms with Gasteiger partial charge in [0.15, 0.2) is 5.96 Å². The predicted molar refractivity (Wildman–Crippen MR) is 108 cm³/mol. The number of aliphatic imine (C=N–C) groups is 1. The van der Waals surface area contributed by atoms with Gasteiger partial charge in [-0.1, -0.05) is 42.7 Å². The van der Waals surface area contributed by atoms with E-state index >= 15 is 0 Å². The van der Waals surface area contributed by atoms with Crippen molar-refractivity contribution in [3.8, 4) is 0 Å². The number of carbonyl (C=O) groups excluding carboxylic acids is 1. The number of aryl methyl sites for hydroxylation is 1. The number of carbonyl (C=O) groups is 1. The lowest BCUT2D eigenvalue weighted by molar-refractivity contribution is -0.138. The number of hydrogen-bond acceptors (Lipinski definition) is 2. The Bertz CT molecular complexity index is 618. The molecule has 0 atom stereocenters. The molecule has 1 aromatic rings. The molecule has 0 radical (unpaired) electrons. The molecular weight excluding hydrogens is 324 g/mol. The van der Waals surface area contributed by atoms with Crippen molar-refractivity contribution in [3.05, 3.63) is 35.4 Å². The fourth-order valence-corrected chi connectivity index (χ4v) is 3.73. The van der Waals surface area contributed by atoms with Gasteiger partial charge in [0.05, 0.1) is 12.0 Å². The minimum absolute atomic E-state index is 0.217. The second-order valence-corrected chi connectivity index (χ2v) is 7.55. The Morgan fingerprint density at radius 2 is 1.96 bits per heavy atom. The summed E-state index contributed by atoms with van der Waals surface area (Å²) in [5, 5.41) is 6.72. The van der Waals surface area contributed by atoms with E-state index in [2.05, 4.69) is 48.7 Å². The number of guanidine groups is 1. The highest BCUT2D eigenvalue weighted by molar-refractivity contribution is 5.84. The molecule has 0 heterocycles. The maximum absolute atomic E-state index is 12.7. The Morgan fingerprint density at radius 1 is 1.23 bits per heavy atom. The summed E-state index contributed by atoms with van der Waals surface area (Å²) >= 11 is 0. The summed E-state index contributed by atoms with van der Waals surface area (Å²) in [7, 11) is 3.69. The Kier molecular flexibility index (Phi) is 7.49. The van der Waals surface area contributed by atoms with Crippen molar-refractivity contribution >= 4 is 11.9 Å². The highest BCUT2D eigenvalue weighted by atomic mass is 16.2. The molecule has 0 aliphatic heterocycles. The topological polar surface area (TPSA) is 56.7 Å². The Morgan fingerprint density at radius 3 is 2.58 bits per heavy atom. The van der Waals surface area contributed by atoms with Crippen molar-refractivity contribution in [1.82, 2.24) is 15.5 Å². The zero-order valence-electron chi connectivity index (χ0n) is 16.8. The molecule has 5 heteroatoms. The van der Waals surface area contributed by atoms with Crippen LogP contribution < -0.4 is 10.6 Å². The average Bonchev–Trinajstić information content (AvgIpc) is 3.09. The van der Waals surface area contributed by atoms with Gasteiger partial charge in [-0.25, -0.2) is 0 Å². The third-order valence-electron chi connectivity index (χ3n) is 5.09. The first kappa shape index (κ1) is 20.3. The SMILES string of the molecule is CCNC(=NCC1(C(=O)N(C)C)CCCC1)NCCc1cccc(C)c1. The summed E-state index contributed by atoms with van der Waals surface area (Å²) in [4.78, 5) is 19.2. The van der Waals surface area contributed by atoms with Crippen molar-refractivity contribution in [1.29, 1.82) is 0 Å². The van der Waals surface area contributed by atoms with E-state index in [1.54, 1.807) is 4.90 Å². The summed E-state index contributed by atoms with van der Waals surface area (Å²) in [5.41, 5.74) is 2.29. The molecule has 1 aliphatic rings. The third-order valence-corrected chi connectivity index (χ3v) is 5.09. The van der Waals surface area contributed by atoms with Crippen molar-refractivity contribution in [2.24, 2.45) is 10.4 Å². The summed E-state index contributed by atoms with van der Waals surface area (Å²) in [6.07, 6.45) is 5.07. The van der Waals surface area contributed by atoms with E-state index in [9.17, 15) is 4.79 Å². The van der Waals surface area contributed by atoms with E-state index < -0.39 is 0 Å². The maximum Gasteiger partial charge on any atom is 0.230 e. The zero-order valence-corrected chi connectivity index (χ0v) is 16.8. The fourth-order valence-electron chi connectivity index (χ4n) is 3.73. The van der Waals surface area contributed by atoms with Gasteiger partial charge in [0, 0.05) is 27.2 Å². The molecule has 0 spiro atoms. The van der Waals surface area contributed by atoms with Crippen LogP contribution in [-0.2, 0) is 11.2 Å². The molecule has 2 rings (SSSR count). The normalized spacial score (nSPS) is 16.4. The Hall–Kier alpha value is -2.04.